The van der Waals surface area contributed by atoms with Crippen LogP contribution in [-0.2, 0) is 5.41 Å². The molecule has 0 N–H and O–H groups in total. The summed E-state index contributed by atoms with van der Waals surface area (Å²) in [6.07, 6.45) is 0. The fraction of sp³-hybridized carbons (Fsp3) is 0.0588. The van der Waals surface area contributed by atoms with Gasteiger partial charge in [0.2, 0.25) is 0 Å². The number of pyridine rings is 2. The third-order valence-corrected chi connectivity index (χ3v) is 11.5. The zero-order valence-electron chi connectivity index (χ0n) is 30.0. The smallest absolute Gasteiger partial charge is 0.135 e. The molecule has 0 amide bonds. The molecule has 0 saturated carbocycles. The summed E-state index contributed by atoms with van der Waals surface area (Å²) in [7, 11) is 0. The SMILES string of the molecule is CC1(C)c2ccccc2-c2ccc(-c3ccc(-c4ccc5ccc6ccc(-c7ccc(-c8ccc9oc%10ccccc%10c9c8)cc7)nc6c5n4)cc3)cc21. The molecule has 0 bridgehead atoms. The van der Waals surface area contributed by atoms with Crippen molar-refractivity contribution in [2.24, 2.45) is 0 Å². The van der Waals surface area contributed by atoms with Gasteiger partial charge in [0.1, 0.15) is 11.2 Å². The summed E-state index contributed by atoms with van der Waals surface area (Å²) in [6, 6.07) is 60.7. The summed E-state index contributed by atoms with van der Waals surface area (Å²) in [5.74, 6) is 0. The molecular formula is C51H34N2O. The van der Waals surface area contributed by atoms with Gasteiger partial charge < -0.3 is 4.42 Å². The fourth-order valence-electron chi connectivity index (χ4n) is 8.55. The lowest BCUT2D eigenvalue weighted by molar-refractivity contribution is 0.660. The zero-order valence-corrected chi connectivity index (χ0v) is 30.0. The first-order chi connectivity index (χ1) is 26.5. The van der Waals surface area contributed by atoms with Crippen LogP contribution in [0.4, 0.5) is 0 Å². The van der Waals surface area contributed by atoms with Gasteiger partial charge in [-0.1, -0.05) is 147 Å². The molecule has 10 aromatic rings. The molecule has 3 heteroatoms. The topological polar surface area (TPSA) is 38.9 Å². The minimum absolute atomic E-state index is 0.0244. The van der Waals surface area contributed by atoms with E-state index in [0.717, 1.165) is 77.4 Å². The molecule has 3 heterocycles. The Labute approximate surface area is 313 Å². The number of para-hydroxylation sites is 1. The van der Waals surface area contributed by atoms with Crippen LogP contribution < -0.4 is 0 Å². The normalized spacial score (nSPS) is 13.1. The standard InChI is InChI=1S/C51H34N2O/c1-51(2)43-9-5-3-7-39(43)40-25-21-38(30-44(40)51)32-13-17-34(18-14-32)46-27-23-36-20-19-35-22-26-45(52-49(35)50(36)53-46)33-15-11-31(12-16-33)37-24-28-48-42(29-37)41-8-4-6-10-47(41)54-48/h3-30H,1-2H3. The minimum Gasteiger partial charge on any atom is -0.456 e. The molecule has 0 radical (unpaired) electrons. The Balaban J connectivity index is 0.908. The third kappa shape index (κ3) is 4.75. The van der Waals surface area contributed by atoms with Gasteiger partial charge in [0.15, 0.2) is 0 Å². The van der Waals surface area contributed by atoms with Crippen molar-refractivity contribution >= 4 is 43.7 Å². The molecule has 254 valence electrons. The third-order valence-electron chi connectivity index (χ3n) is 11.5. The molecule has 0 aliphatic heterocycles. The van der Waals surface area contributed by atoms with Gasteiger partial charge in [-0.05, 0) is 80.9 Å². The molecule has 0 spiro atoms. The van der Waals surface area contributed by atoms with Gasteiger partial charge in [-0.3, -0.25) is 0 Å². The van der Waals surface area contributed by atoms with E-state index < -0.39 is 0 Å². The Kier molecular flexibility index (Phi) is 6.60. The number of furan rings is 1. The molecule has 0 saturated heterocycles. The predicted octanol–water partition coefficient (Wildman–Crippen LogP) is 13.7. The van der Waals surface area contributed by atoms with Crippen molar-refractivity contribution in [1.82, 2.24) is 9.97 Å². The van der Waals surface area contributed by atoms with E-state index in [1.54, 1.807) is 0 Å². The maximum Gasteiger partial charge on any atom is 0.135 e. The molecule has 1 aliphatic rings. The summed E-state index contributed by atoms with van der Waals surface area (Å²) in [6.45, 7) is 4.66. The van der Waals surface area contributed by atoms with E-state index in [2.05, 4.69) is 172 Å². The van der Waals surface area contributed by atoms with Crippen LogP contribution in [0.5, 0.6) is 0 Å². The van der Waals surface area contributed by atoms with Crippen LogP contribution in [0.2, 0.25) is 0 Å². The van der Waals surface area contributed by atoms with Gasteiger partial charge in [0, 0.05) is 38.1 Å². The summed E-state index contributed by atoms with van der Waals surface area (Å²) < 4.78 is 6.05. The Bertz CT molecular complexity index is 3110. The molecule has 3 nitrogen and oxygen atoms in total. The minimum atomic E-state index is -0.0244. The van der Waals surface area contributed by atoms with Crippen molar-refractivity contribution in [3.63, 3.8) is 0 Å². The maximum atomic E-state index is 6.05. The largest absolute Gasteiger partial charge is 0.456 e. The van der Waals surface area contributed by atoms with E-state index in [1.807, 2.05) is 12.1 Å². The van der Waals surface area contributed by atoms with Crippen LogP contribution in [0.3, 0.4) is 0 Å². The van der Waals surface area contributed by atoms with Crippen molar-refractivity contribution in [2.45, 2.75) is 19.3 Å². The van der Waals surface area contributed by atoms with E-state index in [0.29, 0.717) is 0 Å². The maximum absolute atomic E-state index is 6.05. The lowest BCUT2D eigenvalue weighted by Crippen LogP contribution is -2.14. The highest BCUT2D eigenvalue weighted by molar-refractivity contribution is 6.06. The molecule has 3 aromatic heterocycles. The quantitative estimate of drug-likeness (QED) is 0.173. The van der Waals surface area contributed by atoms with E-state index in [9.17, 15) is 0 Å². The lowest BCUT2D eigenvalue weighted by Gasteiger charge is -2.22. The average molecular weight is 691 g/mol. The van der Waals surface area contributed by atoms with Crippen LogP contribution in [-0.4, -0.2) is 9.97 Å². The van der Waals surface area contributed by atoms with Crippen LogP contribution in [0.25, 0.3) is 99.6 Å². The molecule has 0 atom stereocenters. The van der Waals surface area contributed by atoms with E-state index in [1.165, 1.54) is 33.4 Å². The number of rotatable bonds is 4. The van der Waals surface area contributed by atoms with Gasteiger partial charge in [-0.15, -0.1) is 0 Å². The monoisotopic (exact) mass is 690 g/mol. The van der Waals surface area contributed by atoms with E-state index in [4.69, 9.17) is 14.4 Å². The molecule has 1 aliphatic carbocycles. The Morgan fingerprint density at radius 1 is 0.389 bits per heavy atom. The van der Waals surface area contributed by atoms with Crippen molar-refractivity contribution < 1.29 is 4.42 Å². The Hall–Kier alpha value is -6.84. The highest BCUT2D eigenvalue weighted by Gasteiger charge is 2.35. The Morgan fingerprint density at radius 3 is 1.57 bits per heavy atom. The Morgan fingerprint density at radius 2 is 0.889 bits per heavy atom. The molecule has 0 unspecified atom stereocenters. The fourth-order valence-corrected chi connectivity index (χ4v) is 8.55. The summed E-state index contributed by atoms with van der Waals surface area (Å²) in [5.41, 5.74) is 17.8. The number of hydrogen-bond acceptors (Lipinski definition) is 3. The predicted molar refractivity (Wildman–Crippen MR) is 224 cm³/mol. The molecule has 54 heavy (non-hydrogen) atoms. The van der Waals surface area contributed by atoms with Crippen LogP contribution in [0.15, 0.2) is 174 Å². The van der Waals surface area contributed by atoms with Crippen molar-refractivity contribution in [2.75, 3.05) is 0 Å². The summed E-state index contributed by atoms with van der Waals surface area (Å²) >= 11 is 0. The number of nitrogens with zero attached hydrogens (tertiary/aromatic N) is 2. The van der Waals surface area contributed by atoms with Gasteiger partial charge >= 0.3 is 0 Å². The first kappa shape index (κ1) is 30.8. The summed E-state index contributed by atoms with van der Waals surface area (Å²) in [5, 5.41) is 4.42. The zero-order chi connectivity index (χ0) is 36.0. The molecule has 0 fully saturated rings. The first-order valence-corrected chi connectivity index (χ1v) is 18.6. The van der Waals surface area contributed by atoms with Crippen LogP contribution in [0, 0.1) is 0 Å². The van der Waals surface area contributed by atoms with Gasteiger partial charge in [-0.2, -0.15) is 0 Å². The van der Waals surface area contributed by atoms with Gasteiger partial charge in [0.05, 0.1) is 22.4 Å². The van der Waals surface area contributed by atoms with Gasteiger partial charge in [0.25, 0.3) is 0 Å². The number of aromatic nitrogens is 2. The van der Waals surface area contributed by atoms with Crippen molar-refractivity contribution in [3.05, 3.63) is 181 Å². The summed E-state index contributed by atoms with van der Waals surface area (Å²) in [4.78, 5) is 10.4. The number of hydrogen-bond donors (Lipinski definition) is 0. The van der Waals surface area contributed by atoms with Crippen LogP contribution >= 0.6 is 0 Å². The second kappa shape index (κ2) is 11.6. The second-order valence-corrected chi connectivity index (χ2v) is 15.0. The van der Waals surface area contributed by atoms with Crippen LogP contribution in [0.1, 0.15) is 25.0 Å². The highest BCUT2D eigenvalue weighted by Crippen LogP contribution is 2.49. The molecule has 11 rings (SSSR count). The average Bonchev–Trinajstić information content (AvgIpc) is 3.71. The first-order valence-electron chi connectivity index (χ1n) is 18.6. The highest BCUT2D eigenvalue weighted by atomic mass is 16.3. The second-order valence-electron chi connectivity index (χ2n) is 15.0. The van der Waals surface area contributed by atoms with E-state index >= 15 is 0 Å². The van der Waals surface area contributed by atoms with Crippen molar-refractivity contribution in [1.29, 1.82) is 0 Å². The molecule has 7 aromatic carbocycles. The lowest BCUT2D eigenvalue weighted by atomic mass is 9.81. The van der Waals surface area contributed by atoms with E-state index in [-0.39, 0.29) is 5.41 Å². The van der Waals surface area contributed by atoms with Gasteiger partial charge in [-0.25, -0.2) is 9.97 Å². The van der Waals surface area contributed by atoms with Crippen molar-refractivity contribution in [3.8, 4) is 55.9 Å². The number of fused-ring (bicyclic) bond motifs is 9. The molecular weight excluding hydrogens is 657 g/mol. The number of benzene rings is 7.